The number of hydrogen-bond acceptors (Lipinski definition) is 3. The fourth-order valence-electron chi connectivity index (χ4n) is 1.94. The molecule has 1 rings (SSSR count). The van der Waals surface area contributed by atoms with Crippen LogP contribution in [0.2, 0.25) is 0 Å². The third kappa shape index (κ3) is 4.75. The maximum absolute atomic E-state index is 9.28. The van der Waals surface area contributed by atoms with Crippen molar-refractivity contribution in [1.29, 1.82) is 0 Å². The Labute approximate surface area is 104 Å². The molecule has 0 aliphatic carbocycles. The van der Waals surface area contributed by atoms with Crippen LogP contribution in [0.4, 0.5) is 0 Å². The second kappa shape index (κ2) is 6.62. The molecule has 3 heteroatoms. The van der Waals surface area contributed by atoms with Gasteiger partial charge in [0.15, 0.2) is 0 Å². The average molecular weight is 237 g/mol. The van der Waals surface area contributed by atoms with Crippen LogP contribution in [-0.2, 0) is 6.54 Å². The molecule has 0 spiro atoms. The van der Waals surface area contributed by atoms with Gasteiger partial charge in [0.2, 0.25) is 0 Å². The standard InChI is InChI=1S/C14H23NO2/c1-10-7-13(5-6-14(10)17-4)9-15-11(2)8-12(3)16/h5-7,11-12,15-16H,8-9H2,1-4H3. The second-order valence-electron chi connectivity index (χ2n) is 4.67. The predicted octanol–water partition coefficient (Wildman–Crippen LogP) is 2.25. The highest BCUT2D eigenvalue weighted by atomic mass is 16.5. The molecule has 3 nitrogen and oxygen atoms in total. The van der Waals surface area contributed by atoms with Crippen LogP contribution in [0.5, 0.6) is 5.75 Å². The van der Waals surface area contributed by atoms with E-state index in [4.69, 9.17) is 4.74 Å². The maximum atomic E-state index is 9.28. The Balaban J connectivity index is 2.49. The third-order valence-electron chi connectivity index (χ3n) is 2.81. The van der Waals surface area contributed by atoms with E-state index < -0.39 is 0 Å². The summed E-state index contributed by atoms with van der Waals surface area (Å²) in [5.41, 5.74) is 2.38. The number of benzene rings is 1. The summed E-state index contributed by atoms with van der Waals surface area (Å²) >= 11 is 0. The van der Waals surface area contributed by atoms with Crippen molar-refractivity contribution >= 4 is 0 Å². The van der Waals surface area contributed by atoms with Crippen molar-refractivity contribution in [3.8, 4) is 5.75 Å². The monoisotopic (exact) mass is 237 g/mol. The largest absolute Gasteiger partial charge is 0.496 e. The summed E-state index contributed by atoms with van der Waals surface area (Å²) in [6.07, 6.45) is 0.518. The molecule has 2 N–H and O–H groups in total. The number of ether oxygens (including phenoxy) is 1. The maximum Gasteiger partial charge on any atom is 0.121 e. The Morgan fingerprint density at radius 3 is 2.59 bits per heavy atom. The van der Waals surface area contributed by atoms with Gasteiger partial charge in [-0.15, -0.1) is 0 Å². The molecule has 0 aliphatic heterocycles. The zero-order chi connectivity index (χ0) is 12.8. The van der Waals surface area contributed by atoms with Gasteiger partial charge in [-0.1, -0.05) is 12.1 Å². The highest BCUT2D eigenvalue weighted by molar-refractivity contribution is 5.36. The Morgan fingerprint density at radius 1 is 1.35 bits per heavy atom. The van der Waals surface area contributed by atoms with E-state index in [2.05, 4.69) is 24.4 Å². The minimum atomic E-state index is -0.255. The Kier molecular flexibility index (Phi) is 5.45. The lowest BCUT2D eigenvalue weighted by molar-refractivity contribution is 0.170. The Bertz CT molecular complexity index is 350. The van der Waals surface area contributed by atoms with Crippen molar-refractivity contribution in [2.45, 2.75) is 45.9 Å². The van der Waals surface area contributed by atoms with E-state index in [0.29, 0.717) is 6.04 Å². The molecule has 1 aromatic carbocycles. The molecule has 0 heterocycles. The van der Waals surface area contributed by atoms with E-state index in [0.717, 1.165) is 24.3 Å². The number of nitrogens with one attached hydrogen (secondary N) is 1. The van der Waals surface area contributed by atoms with Gasteiger partial charge >= 0.3 is 0 Å². The summed E-state index contributed by atoms with van der Waals surface area (Å²) in [5, 5.41) is 12.7. The second-order valence-corrected chi connectivity index (χ2v) is 4.67. The summed E-state index contributed by atoms with van der Waals surface area (Å²) < 4.78 is 5.22. The lowest BCUT2D eigenvalue weighted by Gasteiger charge is -2.16. The van der Waals surface area contributed by atoms with Gasteiger partial charge in [-0.25, -0.2) is 0 Å². The fraction of sp³-hybridized carbons (Fsp3) is 0.571. The smallest absolute Gasteiger partial charge is 0.121 e. The number of hydrogen-bond donors (Lipinski definition) is 2. The lowest BCUT2D eigenvalue weighted by Crippen LogP contribution is -2.28. The molecule has 2 atom stereocenters. The number of methoxy groups -OCH3 is 1. The molecule has 17 heavy (non-hydrogen) atoms. The van der Waals surface area contributed by atoms with Crippen molar-refractivity contribution in [1.82, 2.24) is 5.32 Å². The first-order valence-corrected chi connectivity index (χ1v) is 6.08. The van der Waals surface area contributed by atoms with Gasteiger partial charge in [-0.3, -0.25) is 0 Å². The van der Waals surface area contributed by atoms with Crippen LogP contribution in [-0.4, -0.2) is 24.4 Å². The highest BCUT2D eigenvalue weighted by Gasteiger charge is 2.06. The van der Waals surface area contributed by atoms with Gasteiger partial charge in [0.05, 0.1) is 13.2 Å². The molecule has 1 aromatic rings. The molecule has 0 saturated heterocycles. The van der Waals surface area contributed by atoms with Crippen LogP contribution in [0.25, 0.3) is 0 Å². The van der Waals surface area contributed by atoms with E-state index in [1.165, 1.54) is 5.56 Å². The van der Waals surface area contributed by atoms with Crippen molar-refractivity contribution in [3.05, 3.63) is 29.3 Å². The van der Waals surface area contributed by atoms with Gasteiger partial charge in [0, 0.05) is 12.6 Å². The first kappa shape index (κ1) is 14.0. The van der Waals surface area contributed by atoms with E-state index in [9.17, 15) is 5.11 Å². The van der Waals surface area contributed by atoms with Crippen molar-refractivity contribution in [2.75, 3.05) is 7.11 Å². The topological polar surface area (TPSA) is 41.5 Å². The lowest BCUT2D eigenvalue weighted by atomic mass is 10.1. The van der Waals surface area contributed by atoms with Crippen LogP contribution < -0.4 is 10.1 Å². The minimum absolute atomic E-state index is 0.255. The van der Waals surface area contributed by atoms with E-state index in [-0.39, 0.29) is 6.10 Å². The summed E-state index contributed by atoms with van der Waals surface area (Å²) in [6.45, 7) is 6.76. The van der Waals surface area contributed by atoms with Gasteiger partial charge in [-0.2, -0.15) is 0 Å². The minimum Gasteiger partial charge on any atom is -0.496 e. The van der Waals surface area contributed by atoms with Crippen LogP contribution >= 0.6 is 0 Å². The van der Waals surface area contributed by atoms with Crippen LogP contribution in [0, 0.1) is 6.92 Å². The zero-order valence-corrected chi connectivity index (χ0v) is 11.2. The number of aryl methyl sites for hydroxylation is 1. The molecule has 0 amide bonds. The molecule has 0 aromatic heterocycles. The molecular formula is C14H23NO2. The summed E-state index contributed by atoms with van der Waals surface area (Å²) in [6, 6.07) is 6.50. The Hall–Kier alpha value is -1.06. The zero-order valence-electron chi connectivity index (χ0n) is 11.2. The van der Waals surface area contributed by atoms with Crippen LogP contribution in [0.3, 0.4) is 0 Å². The highest BCUT2D eigenvalue weighted by Crippen LogP contribution is 2.18. The molecule has 0 fully saturated rings. The van der Waals surface area contributed by atoms with Crippen molar-refractivity contribution in [2.24, 2.45) is 0 Å². The molecule has 0 saturated carbocycles. The van der Waals surface area contributed by atoms with Crippen molar-refractivity contribution in [3.63, 3.8) is 0 Å². The molecule has 0 bridgehead atoms. The van der Waals surface area contributed by atoms with E-state index in [1.54, 1.807) is 7.11 Å². The molecular weight excluding hydrogens is 214 g/mol. The van der Waals surface area contributed by atoms with Gasteiger partial charge in [0.1, 0.15) is 5.75 Å². The number of aliphatic hydroxyl groups is 1. The first-order valence-electron chi connectivity index (χ1n) is 6.08. The van der Waals surface area contributed by atoms with Crippen molar-refractivity contribution < 1.29 is 9.84 Å². The molecule has 0 radical (unpaired) electrons. The normalized spacial score (nSPS) is 14.4. The molecule has 2 unspecified atom stereocenters. The average Bonchev–Trinajstić information content (AvgIpc) is 2.25. The molecule has 0 aliphatic rings. The number of rotatable bonds is 6. The Morgan fingerprint density at radius 2 is 2.06 bits per heavy atom. The third-order valence-corrected chi connectivity index (χ3v) is 2.81. The van der Waals surface area contributed by atoms with Gasteiger partial charge in [0.25, 0.3) is 0 Å². The van der Waals surface area contributed by atoms with Crippen LogP contribution in [0.15, 0.2) is 18.2 Å². The number of aliphatic hydroxyl groups excluding tert-OH is 1. The molecule has 96 valence electrons. The quantitative estimate of drug-likeness (QED) is 0.797. The summed E-state index contributed by atoms with van der Waals surface area (Å²) in [5.74, 6) is 0.922. The fourth-order valence-corrected chi connectivity index (χ4v) is 1.94. The summed E-state index contributed by atoms with van der Waals surface area (Å²) in [7, 11) is 1.69. The SMILES string of the molecule is COc1ccc(CNC(C)CC(C)O)cc1C. The van der Waals surface area contributed by atoms with Gasteiger partial charge in [-0.05, 0) is 44.4 Å². The van der Waals surface area contributed by atoms with E-state index >= 15 is 0 Å². The van der Waals surface area contributed by atoms with Crippen LogP contribution in [0.1, 0.15) is 31.4 Å². The predicted molar refractivity (Wildman–Crippen MR) is 70.3 cm³/mol. The van der Waals surface area contributed by atoms with Gasteiger partial charge < -0.3 is 15.2 Å². The first-order chi connectivity index (χ1) is 8.02. The summed E-state index contributed by atoms with van der Waals surface area (Å²) in [4.78, 5) is 0. The van der Waals surface area contributed by atoms with E-state index in [1.807, 2.05) is 19.9 Å².